The fourth-order valence-corrected chi connectivity index (χ4v) is 2.37. The molecule has 1 rings (SSSR count). The van der Waals surface area contributed by atoms with E-state index in [-0.39, 0.29) is 12.1 Å². The molecule has 2 heteroatoms. The van der Waals surface area contributed by atoms with Gasteiger partial charge >= 0.3 is 5.97 Å². The summed E-state index contributed by atoms with van der Waals surface area (Å²) in [5, 5.41) is 0. The fourth-order valence-electron chi connectivity index (χ4n) is 2.37. The van der Waals surface area contributed by atoms with Crippen LogP contribution < -0.4 is 0 Å². The first-order chi connectivity index (χ1) is 8.90. The topological polar surface area (TPSA) is 26.3 Å². The van der Waals surface area contributed by atoms with Gasteiger partial charge in [0.2, 0.25) is 0 Å². The van der Waals surface area contributed by atoms with Crippen LogP contribution in [0.3, 0.4) is 0 Å². The third-order valence-corrected chi connectivity index (χ3v) is 3.73. The molecule has 0 aromatic rings. The Labute approximate surface area is 117 Å². The van der Waals surface area contributed by atoms with Crippen LogP contribution in [-0.2, 0) is 9.53 Å². The Morgan fingerprint density at radius 2 is 2.00 bits per heavy atom. The first-order valence-corrected chi connectivity index (χ1v) is 7.11. The smallest absolute Gasteiger partial charge is 0.303 e. The van der Waals surface area contributed by atoms with Crippen molar-refractivity contribution in [3.63, 3.8) is 0 Å². The number of rotatable bonds is 2. The van der Waals surface area contributed by atoms with Crippen LogP contribution in [0, 0.1) is 11.8 Å². The van der Waals surface area contributed by atoms with Gasteiger partial charge in [-0.25, -0.2) is 0 Å². The van der Waals surface area contributed by atoms with E-state index in [2.05, 4.69) is 39.2 Å². The second kappa shape index (κ2) is 7.32. The van der Waals surface area contributed by atoms with Crippen LogP contribution >= 0.6 is 0 Å². The van der Waals surface area contributed by atoms with E-state index >= 15 is 0 Å². The largest absolute Gasteiger partial charge is 0.458 e. The fraction of sp³-hybridized carbons (Fsp3) is 0.588. The maximum absolute atomic E-state index is 11.2. The van der Waals surface area contributed by atoms with E-state index in [4.69, 9.17) is 4.74 Å². The van der Waals surface area contributed by atoms with Crippen molar-refractivity contribution >= 4 is 5.97 Å². The molecule has 0 aromatic heterocycles. The lowest BCUT2D eigenvalue weighted by atomic mass is 9.86. The van der Waals surface area contributed by atoms with Crippen LogP contribution in [0.5, 0.6) is 0 Å². The maximum Gasteiger partial charge on any atom is 0.303 e. The number of allylic oxidation sites excluding steroid dienone is 3. The summed E-state index contributed by atoms with van der Waals surface area (Å²) in [6.45, 7) is 14.1. The van der Waals surface area contributed by atoms with Gasteiger partial charge in [0.05, 0.1) is 0 Å². The zero-order chi connectivity index (χ0) is 14.4. The summed E-state index contributed by atoms with van der Waals surface area (Å²) in [5.41, 5.74) is 2.13. The molecule has 0 radical (unpaired) electrons. The lowest BCUT2D eigenvalue weighted by molar-refractivity contribution is -0.144. The molecule has 0 heterocycles. The number of carbonyl (C=O) groups is 1. The van der Waals surface area contributed by atoms with E-state index < -0.39 is 0 Å². The van der Waals surface area contributed by atoms with Crippen molar-refractivity contribution < 1.29 is 9.53 Å². The van der Waals surface area contributed by atoms with E-state index in [0.29, 0.717) is 11.8 Å². The van der Waals surface area contributed by atoms with Gasteiger partial charge in [0.25, 0.3) is 0 Å². The molecule has 2 atom stereocenters. The van der Waals surface area contributed by atoms with Gasteiger partial charge in [-0.05, 0) is 43.1 Å². The molecule has 1 aliphatic carbocycles. The standard InChI is InChI=1S/C17H26O2/c1-12(2)16-9-6-13(3)7-11-17(19-15(5)18)14(4)8-10-16/h6,9,12,16-17H,3-4,7-8,10-11H2,1-2,5H3. The molecular weight excluding hydrogens is 236 g/mol. The molecule has 2 nitrogen and oxygen atoms in total. The molecule has 0 saturated heterocycles. The first-order valence-electron chi connectivity index (χ1n) is 7.11. The van der Waals surface area contributed by atoms with Gasteiger partial charge in [0.15, 0.2) is 0 Å². The van der Waals surface area contributed by atoms with Crippen molar-refractivity contribution in [1.29, 1.82) is 0 Å². The molecule has 0 aromatic carbocycles. The summed E-state index contributed by atoms with van der Waals surface area (Å²) < 4.78 is 5.38. The van der Waals surface area contributed by atoms with Crippen LogP contribution in [-0.4, -0.2) is 12.1 Å². The quantitative estimate of drug-likeness (QED) is 0.543. The highest BCUT2D eigenvalue weighted by atomic mass is 16.5. The summed E-state index contributed by atoms with van der Waals surface area (Å²) in [6, 6.07) is 0. The van der Waals surface area contributed by atoms with Crippen molar-refractivity contribution in [3.05, 3.63) is 36.5 Å². The van der Waals surface area contributed by atoms with E-state index in [1.807, 2.05) is 0 Å². The summed E-state index contributed by atoms with van der Waals surface area (Å²) in [7, 11) is 0. The Morgan fingerprint density at radius 1 is 1.32 bits per heavy atom. The number of esters is 1. The van der Waals surface area contributed by atoms with Gasteiger partial charge in [-0.1, -0.05) is 44.7 Å². The molecule has 0 fully saturated rings. The van der Waals surface area contributed by atoms with Crippen LogP contribution in [0.15, 0.2) is 36.5 Å². The van der Waals surface area contributed by atoms with Gasteiger partial charge < -0.3 is 4.74 Å². The summed E-state index contributed by atoms with van der Waals surface area (Å²) in [6.07, 6.45) is 7.84. The van der Waals surface area contributed by atoms with Gasteiger partial charge in [0, 0.05) is 6.92 Å². The zero-order valence-corrected chi connectivity index (χ0v) is 12.4. The van der Waals surface area contributed by atoms with Crippen molar-refractivity contribution in [3.8, 4) is 0 Å². The normalized spacial score (nSPS) is 25.5. The van der Waals surface area contributed by atoms with Crippen molar-refractivity contribution in [2.45, 2.75) is 52.6 Å². The minimum absolute atomic E-state index is 0.159. The second-order valence-corrected chi connectivity index (χ2v) is 5.76. The average Bonchev–Trinajstić information content (AvgIpc) is 2.32. The SMILES string of the molecule is C=C1C=CC(C(C)C)CCC(=C)C(OC(C)=O)CC1. The average molecular weight is 262 g/mol. The lowest BCUT2D eigenvalue weighted by Crippen LogP contribution is -2.20. The molecule has 0 amide bonds. The number of ether oxygens (including phenoxy) is 1. The molecule has 0 saturated carbocycles. The predicted octanol–water partition coefficient (Wildman–Crippen LogP) is 4.43. The highest BCUT2D eigenvalue weighted by molar-refractivity contribution is 5.66. The van der Waals surface area contributed by atoms with Gasteiger partial charge in [-0.2, -0.15) is 0 Å². The van der Waals surface area contributed by atoms with Crippen LogP contribution in [0.4, 0.5) is 0 Å². The Morgan fingerprint density at radius 3 is 2.58 bits per heavy atom. The summed E-state index contributed by atoms with van der Waals surface area (Å²) in [5.74, 6) is 0.901. The highest BCUT2D eigenvalue weighted by Crippen LogP contribution is 2.27. The van der Waals surface area contributed by atoms with Crippen molar-refractivity contribution in [2.75, 3.05) is 0 Å². The van der Waals surface area contributed by atoms with Crippen molar-refractivity contribution in [2.24, 2.45) is 11.8 Å². The van der Waals surface area contributed by atoms with Gasteiger partial charge in [0.1, 0.15) is 6.10 Å². The van der Waals surface area contributed by atoms with E-state index in [9.17, 15) is 4.79 Å². The number of carbonyl (C=O) groups excluding carboxylic acids is 1. The van der Waals surface area contributed by atoms with E-state index in [1.165, 1.54) is 6.92 Å². The van der Waals surface area contributed by atoms with Crippen LogP contribution in [0.2, 0.25) is 0 Å². The Hall–Kier alpha value is -1.31. The van der Waals surface area contributed by atoms with E-state index in [1.54, 1.807) is 0 Å². The molecule has 2 unspecified atom stereocenters. The van der Waals surface area contributed by atoms with Gasteiger partial charge in [-0.15, -0.1) is 0 Å². The zero-order valence-electron chi connectivity index (χ0n) is 12.4. The lowest BCUT2D eigenvalue weighted by Gasteiger charge is -2.24. The molecule has 1 aliphatic rings. The molecule has 0 bridgehead atoms. The Kier molecular flexibility index (Phi) is 6.07. The molecule has 0 N–H and O–H groups in total. The first kappa shape index (κ1) is 15.7. The minimum atomic E-state index is -0.232. The molecule has 0 aliphatic heterocycles. The molecule has 0 spiro atoms. The third-order valence-electron chi connectivity index (χ3n) is 3.73. The second-order valence-electron chi connectivity index (χ2n) is 5.76. The number of hydrogen-bond donors (Lipinski definition) is 0. The number of hydrogen-bond acceptors (Lipinski definition) is 2. The molecule has 106 valence electrons. The summed E-state index contributed by atoms with van der Waals surface area (Å²) in [4.78, 5) is 11.2. The van der Waals surface area contributed by atoms with E-state index in [0.717, 1.165) is 36.8 Å². The predicted molar refractivity (Wildman–Crippen MR) is 79.8 cm³/mol. The van der Waals surface area contributed by atoms with Crippen LogP contribution in [0.25, 0.3) is 0 Å². The van der Waals surface area contributed by atoms with Crippen molar-refractivity contribution in [1.82, 2.24) is 0 Å². The maximum atomic E-state index is 11.2. The Bertz CT molecular complexity index is 377. The molecule has 19 heavy (non-hydrogen) atoms. The highest BCUT2D eigenvalue weighted by Gasteiger charge is 2.19. The summed E-state index contributed by atoms with van der Waals surface area (Å²) >= 11 is 0. The molecular formula is C17H26O2. The third kappa shape index (κ3) is 5.46. The minimum Gasteiger partial charge on any atom is -0.458 e. The van der Waals surface area contributed by atoms with Gasteiger partial charge in [-0.3, -0.25) is 4.79 Å². The Balaban J connectivity index is 2.80. The monoisotopic (exact) mass is 262 g/mol. The van der Waals surface area contributed by atoms with Crippen LogP contribution in [0.1, 0.15) is 46.5 Å².